The first kappa shape index (κ1) is 19.9. The first-order chi connectivity index (χ1) is 14.0. The number of aromatic nitrogens is 3. The fourth-order valence-electron chi connectivity index (χ4n) is 3.28. The van der Waals surface area contributed by atoms with E-state index in [1.807, 2.05) is 20.0 Å². The molecular formula is C20H24ClN7S. The number of likely N-dealkylation sites (N-methyl/N-ethyl adjacent to an activating group) is 1. The van der Waals surface area contributed by atoms with E-state index in [-0.39, 0.29) is 0 Å². The summed E-state index contributed by atoms with van der Waals surface area (Å²) in [4.78, 5) is 19.2. The number of piperazine rings is 1. The van der Waals surface area contributed by atoms with Crippen LogP contribution in [0.2, 0.25) is 5.02 Å². The van der Waals surface area contributed by atoms with Crippen molar-refractivity contribution in [2.24, 2.45) is 0 Å². The van der Waals surface area contributed by atoms with Crippen molar-refractivity contribution in [1.82, 2.24) is 19.9 Å². The molecule has 3 heterocycles. The molecule has 0 bridgehead atoms. The Morgan fingerprint density at radius 3 is 2.66 bits per heavy atom. The van der Waals surface area contributed by atoms with E-state index in [1.54, 1.807) is 6.20 Å². The Balaban J connectivity index is 1.57. The molecule has 1 aromatic carbocycles. The van der Waals surface area contributed by atoms with Crippen molar-refractivity contribution in [3.63, 3.8) is 0 Å². The molecule has 1 saturated heterocycles. The fraction of sp³-hybridized carbons (Fsp3) is 0.350. The minimum Gasteiger partial charge on any atom is -0.369 e. The van der Waals surface area contributed by atoms with Crippen LogP contribution in [0.3, 0.4) is 0 Å². The van der Waals surface area contributed by atoms with Gasteiger partial charge >= 0.3 is 0 Å². The molecule has 0 radical (unpaired) electrons. The van der Waals surface area contributed by atoms with Crippen LogP contribution in [0.15, 0.2) is 30.5 Å². The van der Waals surface area contributed by atoms with E-state index in [1.165, 1.54) is 17.0 Å². The molecule has 0 unspecified atom stereocenters. The molecule has 0 aliphatic carbocycles. The maximum absolute atomic E-state index is 6.39. The Kier molecular flexibility index (Phi) is 5.84. The highest BCUT2D eigenvalue weighted by molar-refractivity contribution is 7.19. The lowest BCUT2D eigenvalue weighted by Crippen LogP contribution is -2.44. The van der Waals surface area contributed by atoms with Crippen molar-refractivity contribution in [3.8, 4) is 10.6 Å². The summed E-state index contributed by atoms with van der Waals surface area (Å²) in [6.07, 6.45) is 1.63. The van der Waals surface area contributed by atoms with Crippen LogP contribution in [0.1, 0.15) is 5.69 Å². The van der Waals surface area contributed by atoms with Gasteiger partial charge in [0.05, 0.1) is 21.8 Å². The summed E-state index contributed by atoms with van der Waals surface area (Å²) in [7, 11) is 4.01. The van der Waals surface area contributed by atoms with Gasteiger partial charge in [0, 0.05) is 44.6 Å². The molecule has 4 rings (SSSR count). The Hall–Kier alpha value is -2.42. The highest BCUT2D eigenvalue weighted by Gasteiger charge is 2.17. The number of nitrogens with one attached hydrogen (secondary N) is 2. The molecule has 0 saturated carbocycles. The van der Waals surface area contributed by atoms with E-state index >= 15 is 0 Å². The van der Waals surface area contributed by atoms with Gasteiger partial charge in [-0.15, -0.1) is 0 Å². The summed E-state index contributed by atoms with van der Waals surface area (Å²) >= 11 is 7.92. The van der Waals surface area contributed by atoms with Crippen LogP contribution in [0.5, 0.6) is 0 Å². The van der Waals surface area contributed by atoms with Crippen molar-refractivity contribution in [3.05, 3.63) is 41.2 Å². The summed E-state index contributed by atoms with van der Waals surface area (Å²) in [6.45, 7) is 6.16. The van der Waals surface area contributed by atoms with Gasteiger partial charge in [-0.25, -0.2) is 15.0 Å². The van der Waals surface area contributed by atoms with Gasteiger partial charge < -0.3 is 20.4 Å². The van der Waals surface area contributed by atoms with Crippen molar-refractivity contribution in [2.75, 3.05) is 55.8 Å². The van der Waals surface area contributed by atoms with E-state index in [4.69, 9.17) is 11.6 Å². The molecule has 152 valence electrons. The summed E-state index contributed by atoms with van der Waals surface area (Å²) < 4.78 is 0. The Morgan fingerprint density at radius 2 is 1.93 bits per heavy atom. The molecule has 9 heteroatoms. The van der Waals surface area contributed by atoms with Gasteiger partial charge in [-0.3, -0.25) is 0 Å². The Bertz CT molecular complexity index is 998. The van der Waals surface area contributed by atoms with Crippen molar-refractivity contribution >= 4 is 45.4 Å². The smallest absolute Gasteiger partial charge is 0.227 e. The number of anilines is 4. The number of hydrogen-bond donors (Lipinski definition) is 2. The van der Waals surface area contributed by atoms with E-state index < -0.39 is 0 Å². The quantitative estimate of drug-likeness (QED) is 0.632. The van der Waals surface area contributed by atoms with Crippen molar-refractivity contribution < 1.29 is 0 Å². The van der Waals surface area contributed by atoms with Crippen molar-refractivity contribution in [2.45, 2.75) is 6.92 Å². The summed E-state index contributed by atoms with van der Waals surface area (Å²) in [5, 5.41) is 7.74. The van der Waals surface area contributed by atoms with E-state index in [0.29, 0.717) is 16.7 Å². The predicted molar refractivity (Wildman–Crippen MR) is 122 cm³/mol. The zero-order valence-electron chi connectivity index (χ0n) is 16.7. The normalized spacial score (nSPS) is 14.8. The van der Waals surface area contributed by atoms with Crippen molar-refractivity contribution in [1.29, 1.82) is 0 Å². The third-order valence-corrected chi connectivity index (χ3v) is 6.40. The zero-order chi connectivity index (χ0) is 20.4. The molecule has 1 aliphatic rings. The average Bonchev–Trinajstić information content (AvgIpc) is 3.11. The standard InChI is InChI=1S/C20H24ClN7S/c1-13-18(29-20(22-2)24-13)17-16(21)12-23-19(26-17)25-14-5-4-6-15(11-14)28-9-7-27(3)8-10-28/h4-6,11-12H,7-10H2,1-3H3,(H,22,24)(H,23,25,26). The number of benzene rings is 1. The van der Waals surface area contributed by atoms with Crippen LogP contribution in [-0.4, -0.2) is 60.1 Å². The average molecular weight is 430 g/mol. The lowest BCUT2D eigenvalue weighted by molar-refractivity contribution is 0.313. The van der Waals surface area contributed by atoms with E-state index in [9.17, 15) is 0 Å². The SMILES string of the molecule is CNc1nc(C)c(-c2nc(Nc3cccc(N4CCN(C)CC4)c3)ncc2Cl)s1. The van der Waals surface area contributed by atoms with Gasteiger partial charge in [0.2, 0.25) is 5.95 Å². The van der Waals surface area contributed by atoms with Gasteiger partial charge in [-0.05, 0) is 32.2 Å². The molecule has 7 nitrogen and oxygen atoms in total. The van der Waals surface area contributed by atoms with Crippen LogP contribution >= 0.6 is 22.9 Å². The highest BCUT2D eigenvalue weighted by atomic mass is 35.5. The molecule has 2 aromatic heterocycles. The molecule has 0 atom stereocenters. The minimum atomic E-state index is 0.510. The number of aryl methyl sites for hydroxylation is 1. The molecule has 1 aliphatic heterocycles. The fourth-order valence-corrected chi connectivity index (χ4v) is 4.45. The zero-order valence-corrected chi connectivity index (χ0v) is 18.3. The molecule has 0 spiro atoms. The number of hydrogen-bond acceptors (Lipinski definition) is 8. The van der Waals surface area contributed by atoms with Crippen LogP contribution in [0.4, 0.5) is 22.5 Å². The highest BCUT2D eigenvalue weighted by Crippen LogP contribution is 2.36. The predicted octanol–water partition coefficient (Wildman–Crippen LogP) is 4.10. The molecule has 3 aromatic rings. The summed E-state index contributed by atoms with van der Waals surface area (Å²) in [6, 6.07) is 8.36. The van der Waals surface area contributed by atoms with Crippen LogP contribution < -0.4 is 15.5 Å². The summed E-state index contributed by atoms with van der Waals surface area (Å²) in [5.41, 5.74) is 3.74. The van der Waals surface area contributed by atoms with Crippen LogP contribution in [0, 0.1) is 6.92 Å². The van der Waals surface area contributed by atoms with Gasteiger partial charge in [0.15, 0.2) is 5.13 Å². The van der Waals surface area contributed by atoms with Crippen LogP contribution in [0.25, 0.3) is 10.6 Å². The first-order valence-electron chi connectivity index (χ1n) is 9.52. The first-order valence-corrected chi connectivity index (χ1v) is 10.7. The van der Waals surface area contributed by atoms with Gasteiger partial charge in [-0.1, -0.05) is 29.0 Å². The lowest BCUT2D eigenvalue weighted by atomic mass is 10.2. The topological polar surface area (TPSA) is 69.2 Å². The number of rotatable bonds is 5. The number of halogens is 1. The minimum absolute atomic E-state index is 0.510. The largest absolute Gasteiger partial charge is 0.369 e. The number of thiazole rings is 1. The molecule has 29 heavy (non-hydrogen) atoms. The van der Waals surface area contributed by atoms with Crippen LogP contribution in [-0.2, 0) is 0 Å². The third kappa shape index (κ3) is 4.44. The second-order valence-electron chi connectivity index (χ2n) is 7.04. The van der Waals surface area contributed by atoms with E-state index in [0.717, 1.165) is 47.6 Å². The second-order valence-corrected chi connectivity index (χ2v) is 8.45. The van der Waals surface area contributed by atoms with Gasteiger partial charge in [0.25, 0.3) is 0 Å². The number of nitrogens with zero attached hydrogens (tertiary/aromatic N) is 5. The van der Waals surface area contributed by atoms with E-state index in [2.05, 4.69) is 60.6 Å². The molecule has 1 fully saturated rings. The summed E-state index contributed by atoms with van der Waals surface area (Å²) in [5.74, 6) is 0.513. The maximum atomic E-state index is 6.39. The molecule has 2 N–H and O–H groups in total. The molecular weight excluding hydrogens is 406 g/mol. The monoisotopic (exact) mass is 429 g/mol. The van der Waals surface area contributed by atoms with Gasteiger partial charge in [-0.2, -0.15) is 0 Å². The molecule has 0 amide bonds. The Labute approximate surface area is 179 Å². The van der Waals surface area contributed by atoms with Gasteiger partial charge in [0.1, 0.15) is 5.69 Å². The lowest BCUT2D eigenvalue weighted by Gasteiger charge is -2.34. The third-order valence-electron chi connectivity index (χ3n) is 4.94. The maximum Gasteiger partial charge on any atom is 0.227 e. The second kappa shape index (κ2) is 8.52. The Morgan fingerprint density at radius 1 is 1.14 bits per heavy atom.